The number of halogens is 1. The minimum Gasteiger partial charge on any atom is -0.366 e. The summed E-state index contributed by atoms with van der Waals surface area (Å²) in [4.78, 5) is 23.2. The number of nitrogens with two attached hydrogens (primary N) is 1. The Morgan fingerprint density at radius 2 is 2.27 bits per heavy atom. The Morgan fingerprint density at radius 3 is 2.91 bits per heavy atom. The minimum atomic E-state index is -0.655. The number of rotatable bonds is 5. The SMILES string of the molecule is CC(CC(=O)Nc1cc(C(N)=O)ccc1F)C1CCCNC1. The van der Waals surface area contributed by atoms with Crippen LogP contribution >= 0.6 is 0 Å². The summed E-state index contributed by atoms with van der Waals surface area (Å²) < 4.78 is 13.7. The molecule has 1 saturated heterocycles. The molecule has 6 heteroatoms. The molecule has 0 radical (unpaired) electrons. The topological polar surface area (TPSA) is 84.2 Å². The Morgan fingerprint density at radius 1 is 1.50 bits per heavy atom. The quantitative estimate of drug-likeness (QED) is 0.776. The van der Waals surface area contributed by atoms with Crippen molar-refractivity contribution >= 4 is 17.5 Å². The summed E-state index contributed by atoms with van der Waals surface area (Å²) in [6.45, 7) is 3.98. The molecule has 22 heavy (non-hydrogen) atoms. The van der Waals surface area contributed by atoms with Gasteiger partial charge in [0.1, 0.15) is 5.82 Å². The van der Waals surface area contributed by atoms with E-state index >= 15 is 0 Å². The van der Waals surface area contributed by atoms with Crippen LogP contribution in [0.5, 0.6) is 0 Å². The molecule has 2 unspecified atom stereocenters. The lowest BCUT2D eigenvalue weighted by molar-refractivity contribution is -0.117. The molecule has 2 amide bonds. The lowest BCUT2D eigenvalue weighted by Gasteiger charge is -2.28. The van der Waals surface area contributed by atoms with Gasteiger partial charge in [-0.15, -0.1) is 0 Å². The van der Waals surface area contributed by atoms with E-state index in [1.165, 1.54) is 12.1 Å². The molecule has 1 aromatic carbocycles. The average molecular weight is 307 g/mol. The fourth-order valence-electron chi connectivity index (χ4n) is 2.80. The van der Waals surface area contributed by atoms with Crippen LogP contribution < -0.4 is 16.4 Å². The number of hydrogen-bond donors (Lipinski definition) is 3. The molecule has 1 aliphatic rings. The van der Waals surface area contributed by atoms with Gasteiger partial charge in [0.15, 0.2) is 0 Å². The molecular weight excluding hydrogens is 285 g/mol. The first kappa shape index (κ1) is 16.4. The van der Waals surface area contributed by atoms with Crippen molar-refractivity contribution in [1.29, 1.82) is 0 Å². The first-order valence-electron chi connectivity index (χ1n) is 7.57. The second-order valence-electron chi connectivity index (χ2n) is 5.89. The van der Waals surface area contributed by atoms with Crippen LogP contribution in [-0.4, -0.2) is 24.9 Å². The summed E-state index contributed by atoms with van der Waals surface area (Å²) in [7, 11) is 0. The van der Waals surface area contributed by atoms with Gasteiger partial charge in [0.2, 0.25) is 11.8 Å². The molecule has 0 aromatic heterocycles. The number of anilines is 1. The predicted octanol–water partition coefficient (Wildman–Crippen LogP) is 1.89. The van der Waals surface area contributed by atoms with Crippen molar-refractivity contribution in [2.45, 2.75) is 26.2 Å². The number of carbonyl (C=O) groups is 2. The van der Waals surface area contributed by atoms with Crippen LogP contribution in [0.2, 0.25) is 0 Å². The molecule has 120 valence electrons. The summed E-state index contributed by atoms with van der Waals surface area (Å²) in [5, 5.41) is 5.86. The largest absolute Gasteiger partial charge is 0.366 e. The number of primary amides is 1. The molecule has 1 aliphatic heterocycles. The number of benzene rings is 1. The Bertz CT molecular complexity index is 556. The summed E-state index contributed by atoms with van der Waals surface area (Å²) in [5.41, 5.74) is 5.32. The Hall–Kier alpha value is -1.95. The van der Waals surface area contributed by atoms with Crippen molar-refractivity contribution in [3.8, 4) is 0 Å². The van der Waals surface area contributed by atoms with Crippen molar-refractivity contribution in [1.82, 2.24) is 5.32 Å². The van der Waals surface area contributed by atoms with Crippen molar-refractivity contribution in [2.75, 3.05) is 18.4 Å². The number of carbonyl (C=O) groups excluding carboxylic acids is 2. The third-order valence-corrected chi connectivity index (χ3v) is 4.17. The predicted molar refractivity (Wildman–Crippen MR) is 82.9 cm³/mol. The van der Waals surface area contributed by atoms with Crippen LogP contribution in [0.1, 0.15) is 36.5 Å². The average Bonchev–Trinajstić information content (AvgIpc) is 2.50. The molecular formula is C16H22FN3O2. The molecule has 5 nitrogen and oxygen atoms in total. The first-order chi connectivity index (χ1) is 10.5. The van der Waals surface area contributed by atoms with Crippen molar-refractivity contribution in [3.63, 3.8) is 0 Å². The second kappa shape index (κ2) is 7.35. The van der Waals surface area contributed by atoms with E-state index in [4.69, 9.17) is 5.73 Å². The normalized spacial score (nSPS) is 19.5. The molecule has 0 bridgehead atoms. The molecule has 0 spiro atoms. The highest BCUT2D eigenvalue weighted by Gasteiger charge is 2.22. The van der Waals surface area contributed by atoms with E-state index in [-0.39, 0.29) is 23.1 Å². The van der Waals surface area contributed by atoms with E-state index in [9.17, 15) is 14.0 Å². The fourth-order valence-corrected chi connectivity index (χ4v) is 2.80. The summed E-state index contributed by atoms with van der Waals surface area (Å²) in [5.74, 6) is -0.808. The Labute approximate surface area is 129 Å². The zero-order chi connectivity index (χ0) is 16.1. The third-order valence-electron chi connectivity index (χ3n) is 4.17. The van der Waals surface area contributed by atoms with Gasteiger partial charge in [-0.05, 0) is 56.0 Å². The monoisotopic (exact) mass is 307 g/mol. The van der Waals surface area contributed by atoms with Crippen LogP contribution in [0, 0.1) is 17.7 Å². The maximum atomic E-state index is 13.7. The number of hydrogen-bond acceptors (Lipinski definition) is 3. The lowest BCUT2D eigenvalue weighted by atomic mass is 9.85. The summed E-state index contributed by atoms with van der Waals surface area (Å²) in [6, 6.07) is 3.69. The minimum absolute atomic E-state index is 0.00438. The molecule has 1 fully saturated rings. The smallest absolute Gasteiger partial charge is 0.248 e. The Balaban J connectivity index is 1.96. The standard InChI is InChI=1S/C16H22FN3O2/c1-10(12-3-2-6-19-9-12)7-15(21)20-14-8-11(16(18)22)4-5-13(14)17/h4-5,8,10,12,19H,2-3,6-7,9H2,1H3,(H2,18,22)(H,20,21). The Kier molecular flexibility index (Phi) is 5.49. The van der Waals surface area contributed by atoms with E-state index in [0.29, 0.717) is 12.3 Å². The number of piperidine rings is 1. The summed E-state index contributed by atoms with van der Waals surface area (Å²) in [6.07, 6.45) is 2.55. The first-order valence-corrected chi connectivity index (χ1v) is 7.57. The van der Waals surface area contributed by atoms with Gasteiger partial charge < -0.3 is 16.4 Å². The van der Waals surface area contributed by atoms with Gasteiger partial charge in [-0.25, -0.2) is 4.39 Å². The molecule has 0 saturated carbocycles. The van der Waals surface area contributed by atoms with E-state index < -0.39 is 11.7 Å². The van der Waals surface area contributed by atoms with Gasteiger partial charge in [0, 0.05) is 12.0 Å². The van der Waals surface area contributed by atoms with Gasteiger partial charge in [-0.1, -0.05) is 6.92 Å². The van der Waals surface area contributed by atoms with E-state index in [2.05, 4.69) is 10.6 Å². The maximum Gasteiger partial charge on any atom is 0.248 e. The van der Waals surface area contributed by atoms with Gasteiger partial charge in [0.05, 0.1) is 5.69 Å². The zero-order valence-electron chi connectivity index (χ0n) is 12.7. The molecule has 1 heterocycles. The van der Waals surface area contributed by atoms with Crippen LogP contribution in [-0.2, 0) is 4.79 Å². The highest BCUT2D eigenvalue weighted by Crippen LogP contribution is 2.23. The van der Waals surface area contributed by atoms with Crippen LogP contribution in [0.25, 0.3) is 0 Å². The van der Waals surface area contributed by atoms with Gasteiger partial charge >= 0.3 is 0 Å². The van der Waals surface area contributed by atoms with Gasteiger partial charge in [0.25, 0.3) is 0 Å². The van der Waals surface area contributed by atoms with Gasteiger partial charge in [-0.3, -0.25) is 9.59 Å². The van der Waals surface area contributed by atoms with Crippen LogP contribution in [0.4, 0.5) is 10.1 Å². The van der Waals surface area contributed by atoms with E-state index in [1.807, 2.05) is 6.92 Å². The lowest BCUT2D eigenvalue weighted by Crippen LogP contribution is -2.34. The van der Waals surface area contributed by atoms with E-state index in [1.54, 1.807) is 0 Å². The van der Waals surface area contributed by atoms with Crippen molar-refractivity contribution < 1.29 is 14.0 Å². The molecule has 4 N–H and O–H groups in total. The highest BCUT2D eigenvalue weighted by molar-refractivity contribution is 5.96. The van der Waals surface area contributed by atoms with Crippen molar-refractivity contribution in [3.05, 3.63) is 29.6 Å². The van der Waals surface area contributed by atoms with E-state index in [0.717, 1.165) is 32.0 Å². The van der Waals surface area contributed by atoms with Crippen molar-refractivity contribution in [2.24, 2.45) is 17.6 Å². The molecule has 1 aromatic rings. The third kappa shape index (κ3) is 4.27. The number of amides is 2. The highest BCUT2D eigenvalue weighted by atomic mass is 19.1. The zero-order valence-corrected chi connectivity index (χ0v) is 12.7. The molecule has 0 aliphatic carbocycles. The summed E-state index contributed by atoms with van der Waals surface area (Å²) >= 11 is 0. The van der Waals surface area contributed by atoms with Crippen LogP contribution in [0.3, 0.4) is 0 Å². The second-order valence-corrected chi connectivity index (χ2v) is 5.89. The maximum absolute atomic E-state index is 13.7. The number of nitrogens with one attached hydrogen (secondary N) is 2. The molecule has 2 atom stereocenters. The van der Waals surface area contributed by atoms with Crippen LogP contribution in [0.15, 0.2) is 18.2 Å². The van der Waals surface area contributed by atoms with Gasteiger partial charge in [-0.2, -0.15) is 0 Å². The fraction of sp³-hybridized carbons (Fsp3) is 0.500. The molecule has 2 rings (SSSR count).